The summed E-state index contributed by atoms with van der Waals surface area (Å²) < 4.78 is 0. The van der Waals surface area contributed by atoms with E-state index in [9.17, 15) is 0 Å². The maximum Gasteiger partial charge on any atom is 0.111 e. The van der Waals surface area contributed by atoms with Crippen LogP contribution in [-0.2, 0) is 0 Å². The van der Waals surface area contributed by atoms with Gasteiger partial charge in [0.05, 0.1) is 11.8 Å². The van der Waals surface area contributed by atoms with Gasteiger partial charge in [0, 0.05) is 10.2 Å². The van der Waals surface area contributed by atoms with Crippen LogP contribution in [0.15, 0.2) is 0 Å². The van der Waals surface area contributed by atoms with Crippen molar-refractivity contribution in [2.75, 3.05) is 5.33 Å². The zero-order valence-electron chi connectivity index (χ0n) is 6.97. The molecule has 1 aromatic heterocycles. The van der Waals surface area contributed by atoms with E-state index in [-0.39, 0.29) is 5.92 Å². The van der Waals surface area contributed by atoms with Crippen LogP contribution in [0.1, 0.15) is 21.5 Å². The minimum Gasteiger partial charge on any atom is -0.245 e. The number of nitriles is 1. The first kappa shape index (κ1) is 9.69. The summed E-state index contributed by atoms with van der Waals surface area (Å²) in [6.07, 6.45) is 0. The van der Waals surface area contributed by atoms with Gasteiger partial charge in [-0.05, 0) is 13.8 Å². The lowest BCUT2D eigenvalue weighted by Crippen LogP contribution is -1.95. The fraction of sp³-hybridized carbons (Fsp3) is 0.500. The van der Waals surface area contributed by atoms with Crippen molar-refractivity contribution in [1.29, 1.82) is 5.26 Å². The van der Waals surface area contributed by atoms with E-state index in [2.05, 4.69) is 27.0 Å². The summed E-state index contributed by atoms with van der Waals surface area (Å²) in [4.78, 5) is 5.52. The quantitative estimate of drug-likeness (QED) is 0.751. The number of halogens is 1. The van der Waals surface area contributed by atoms with Crippen LogP contribution in [-0.4, -0.2) is 10.3 Å². The Bertz CT molecular complexity index is 294. The summed E-state index contributed by atoms with van der Waals surface area (Å²) in [5.41, 5.74) is 1.04. The lowest BCUT2D eigenvalue weighted by Gasteiger charge is -1.96. The molecule has 0 amide bonds. The van der Waals surface area contributed by atoms with Crippen molar-refractivity contribution in [2.45, 2.75) is 19.8 Å². The predicted octanol–water partition coefficient (Wildman–Crippen LogP) is 2.76. The van der Waals surface area contributed by atoms with E-state index in [1.54, 1.807) is 11.3 Å². The minimum absolute atomic E-state index is 0.0950. The molecule has 0 aliphatic carbocycles. The van der Waals surface area contributed by atoms with Gasteiger partial charge in [-0.3, -0.25) is 0 Å². The van der Waals surface area contributed by atoms with Gasteiger partial charge in [-0.15, -0.1) is 11.3 Å². The number of nitrogens with zero attached hydrogens (tertiary/aromatic N) is 2. The third-order valence-corrected chi connectivity index (χ3v) is 3.49. The van der Waals surface area contributed by atoms with Crippen LogP contribution in [0.5, 0.6) is 0 Å². The van der Waals surface area contributed by atoms with Gasteiger partial charge in [0.15, 0.2) is 0 Å². The summed E-state index contributed by atoms with van der Waals surface area (Å²) in [5.74, 6) is -0.0950. The van der Waals surface area contributed by atoms with Crippen molar-refractivity contribution in [3.8, 4) is 6.07 Å². The molecule has 1 aromatic rings. The lowest BCUT2D eigenvalue weighted by molar-refractivity contribution is 0.967. The van der Waals surface area contributed by atoms with E-state index in [0.717, 1.165) is 10.7 Å². The number of aromatic nitrogens is 1. The second-order valence-corrected chi connectivity index (χ2v) is 4.41. The Kier molecular flexibility index (Phi) is 3.24. The molecule has 0 aliphatic heterocycles. The van der Waals surface area contributed by atoms with E-state index in [1.807, 2.05) is 13.8 Å². The Labute approximate surface area is 84.4 Å². The highest BCUT2D eigenvalue weighted by Crippen LogP contribution is 2.24. The molecule has 1 unspecified atom stereocenters. The first-order chi connectivity index (χ1) is 5.69. The van der Waals surface area contributed by atoms with E-state index in [4.69, 9.17) is 5.26 Å². The molecule has 1 heterocycles. The lowest BCUT2D eigenvalue weighted by atomic mass is 10.2. The van der Waals surface area contributed by atoms with Gasteiger partial charge in [0.25, 0.3) is 0 Å². The maximum atomic E-state index is 8.77. The third-order valence-electron chi connectivity index (χ3n) is 1.65. The second-order valence-electron chi connectivity index (χ2n) is 2.53. The molecule has 0 aromatic carbocycles. The van der Waals surface area contributed by atoms with Crippen molar-refractivity contribution in [1.82, 2.24) is 4.98 Å². The third kappa shape index (κ3) is 1.85. The predicted molar refractivity (Wildman–Crippen MR) is 53.7 cm³/mol. The Morgan fingerprint density at radius 2 is 2.33 bits per heavy atom. The zero-order valence-corrected chi connectivity index (χ0v) is 9.37. The minimum atomic E-state index is -0.0950. The molecule has 12 heavy (non-hydrogen) atoms. The molecule has 0 spiro atoms. The van der Waals surface area contributed by atoms with Crippen molar-refractivity contribution < 1.29 is 0 Å². The van der Waals surface area contributed by atoms with Gasteiger partial charge in [0.1, 0.15) is 10.9 Å². The summed E-state index contributed by atoms with van der Waals surface area (Å²) in [6.45, 7) is 4.00. The number of rotatable bonds is 2. The smallest absolute Gasteiger partial charge is 0.111 e. The van der Waals surface area contributed by atoms with Crippen molar-refractivity contribution in [3.05, 3.63) is 15.6 Å². The molecular formula is C8H9BrN2S. The number of hydrogen-bond acceptors (Lipinski definition) is 3. The Morgan fingerprint density at radius 3 is 2.67 bits per heavy atom. The van der Waals surface area contributed by atoms with Crippen LogP contribution in [0.4, 0.5) is 0 Å². The highest BCUT2D eigenvalue weighted by Gasteiger charge is 2.13. The molecular weight excluding hydrogens is 236 g/mol. The zero-order chi connectivity index (χ0) is 9.14. The highest BCUT2D eigenvalue weighted by molar-refractivity contribution is 9.09. The van der Waals surface area contributed by atoms with Gasteiger partial charge >= 0.3 is 0 Å². The number of aryl methyl sites for hydroxylation is 2. The van der Waals surface area contributed by atoms with Crippen molar-refractivity contribution in [2.24, 2.45) is 0 Å². The van der Waals surface area contributed by atoms with Gasteiger partial charge in [-0.1, -0.05) is 15.9 Å². The summed E-state index contributed by atoms with van der Waals surface area (Å²) in [5, 5.41) is 10.3. The molecule has 0 fully saturated rings. The fourth-order valence-electron chi connectivity index (χ4n) is 0.802. The van der Waals surface area contributed by atoms with Gasteiger partial charge in [0.2, 0.25) is 0 Å². The second kappa shape index (κ2) is 4.01. The molecule has 0 N–H and O–H groups in total. The SMILES string of the molecule is Cc1nc(C(C#N)CBr)sc1C. The maximum absolute atomic E-state index is 8.77. The first-order valence-electron chi connectivity index (χ1n) is 3.58. The average molecular weight is 245 g/mol. The normalized spacial score (nSPS) is 12.5. The summed E-state index contributed by atoms with van der Waals surface area (Å²) in [6, 6.07) is 2.21. The molecule has 4 heteroatoms. The first-order valence-corrected chi connectivity index (χ1v) is 5.52. The number of hydrogen-bond donors (Lipinski definition) is 0. The molecule has 0 saturated carbocycles. The molecule has 2 nitrogen and oxygen atoms in total. The van der Waals surface area contributed by atoms with Crippen LogP contribution in [0.25, 0.3) is 0 Å². The van der Waals surface area contributed by atoms with Gasteiger partial charge in [-0.25, -0.2) is 4.98 Å². The van der Waals surface area contributed by atoms with E-state index < -0.39 is 0 Å². The highest BCUT2D eigenvalue weighted by atomic mass is 79.9. The van der Waals surface area contributed by atoms with E-state index >= 15 is 0 Å². The molecule has 0 aliphatic rings. The van der Waals surface area contributed by atoms with E-state index in [0.29, 0.717) is 5.33 Å². The largest absolute Gasteiger partial charge is 0.245 e. The standard InChI is InChI=1S/C8H9BrN2S/c1-5-6(2)12-8(11-5)7(3-9)4-10/h7H,3H2,1-2H3. The van der Waals surface area contributed by atoms with Crippen LogP contribution in [0, 0.1) is 25.2 Å². The fourth-order valence-corrected chi connectivity index (χ4v) is 2.44. The van der Waals surface area contributed by atoms with E-state index in [1.165, 1.54) is 4.88 Å². The van der Waals surface area contributed by atoms with Crippen LogP contribution < -0.4 is 0 Å². The molecule has 1 rings (SSSR count). The Balaban J connectivity index is 2.96. The topological polar surface area (TPSA) is 36.7 Å². The van der Waals surface area contributed by atoms with Crippen LogP contribution >= 0.6 is 27.3 Å². The number of alkyl halides is 1. The van der Waals surface area contributed by atoms with Gasteiger partial charge < -0.3 is 0 Å². The Hall–Kier alpha value is -0.400. The van der Waals surface area contributed by atoms with Gasteiger partial charge in [-0.2, -0.15) is 5.26 Å². The summed E-state index contributed by atoms with van der Waals surface area (Å²) >= 11 is 4.90. The molecule has 0 bridgehead atoms. The van der Waals surface area contributed by atoms with Crippen molar-refractivity contribution in [3.63, 3.8) is 0 Å². The van der Waals surface area contributed by atoms with Crippen LogP contribution in [0.2, 0.25) is 0 Å². The molecule has 0 radical (unpaired) electrons. The molecule has 64 valence electrons. The Morgan fingerprint density at radius 1 is 1.67 bits per heavy atom. The van der Waals surface area contributed by atoms with Crippen molar-refractivity contribution >= 4 is 27.3 Å². The molecule has 0 saturated heterocycles. The van der Waals surface area contributed by atoms with Crippen LogP contribution in [0.3, 0.4) is 0 Å². The summed E-state index contributed by atoms with van der Waals surface area (Å²) in [7, 11) is 0. The molecule has 1 atom stereocenters. The number of thiazole rings is 1. The monoisotopic (exact) mass is 244 g/mol. The average Bonchev–Trinajstić information content (AvgIpc) is 2.35.